The van der Waals surface area contributed by atoms with Crippen molar-refractivity contribution in [3.05, 3.63) is 41.3 Å². The van der Waals surface area contributed by atoms with Gasteiger partial charge in [-0.1, -0.05) is 5.16 Å². The van der Waals surface area contributed by atoms with Gasteiger partial charge in [-0.3, -0.25) is 0 Å². The molecule has 1 aromatic carbocycles. The summed E-state index contributed by atoms with van der Waals surface area (Å²) in [6.45, 7) is 2.08. The van der Waals surface area contributed by atoms with E-state index in [0.29, 0.717) is 18.0 Å². The largest absolute Gasteiger partial charge is 0.416 e. The first-order valence-corrected chi connectivity index (χ1v) is 5.49. The molecule has 0 saturated heterocycles. The molecule has 2 rings (SSSR count). The summed E-state index contributed by atoms with van der Waals surface area (Å²) in [5, 5.41) is 6.60. The van der Waals surface area contributed by atoms with Crippen LogP contribution in [0.25, 0.3) is 0 Å². The molecule has 0 saturated carbocycles. The Morgan fingerprint density at radius 3 is 2.58 bits per heavy atom. The molecule has 0 amide bonds. The Balaban J connectivity index is 2.09. The minimum Gasteiger partial charge on any atom is -0.397 e. The number of nitrogens with two attached hydrogens (primary N) is 1. The van der Waals surface area contributed by atoms with Crippen molar-refractivity contribution in [1.29, 1.82) is 0 Å². The van der Waals surface area contributed by atoms with Gasteiger partial charge in [-0.2, -0.15) is 13.2 Å². The molecule has 19 heavy (non-hydrogen) atoms. The predicted octanol–water partition coefficient (Wildman–Crippen LogP) is 3.20. The zero-order valence-corrected chi connectivity index (χ0v) is 10.1. The van der Waals surface area contributed by atoms with E-state index < -0.39 is 11.7 Å². The normalized spacial score (nSPS) is 11.6. The topological polar surface area (TPSA) is 64.1 Å². The van der Waals surface area contributed by atoms with Crippen LogP contribution in [0.2, 0.25) is 0 Å². The van der Waals surface area contributed by atoms with Crippen LogP contribution in [0.3, 0.4) is 0 Å². The Kier molecular flexibility index (Phi) is 3.37. The number of alkyl halides is 3. The highest BCUT2D eigenvalue weighted by molar-refractivity contribution is 5.67. The van der Waals surface area contributed by atoms with E-state index in [4.69, 9.17) is 10.3 Å². The molecular weight excluding hydrogens is 259 g/mol. The highest BCUT2D eigenvalue weighted by Crippen LogP contribution is 2.32. The Morgan fingerprint density at radius 2 is 2.05 bits per heavy atom. The van der Waals surface area contributed by atoms with Crippen molar-refractivity contribution in [1.82, 2.24) is 5.16 Å². The lowest BCUT2D eigenvalue weighted by atomic mass is 10.1. The lowest BCUT2D eigenvalue weighted by molar-refractivity contribution is -0.137. The number of rotatable bonds is 3. The number of hydrogen-bond donors (Lipinski definition) is 2. The average molecular weight is 271 g/mol. The molecule has 7 heteroatoms. The second-order valence-electron chi connectivity index (χ2n) is 4.09. The zero-order valence-electron chi connectivity index (χ0n) is 10.1. The maximum Gasteiger partial charge on any atom is 0.416 e. The minimum atomic E-state index is -4.39. The van der Waals surface area contributed by atoms with Crippen molar-refractivity contribution in [3.8, 4) is 0 Å². The van der Waals surface area contributed by atoms with Gasteiger partial charge in [0, 0.05) is 6.07 Å². The average Bonchev–Trinajstić information content (AvgIpc) is 2.72. The molecule has 2 aromatic rings. The summed E-state index contributed by atoms with van der Waals surface area (Å²) in [4.78, 5) is 0. The van der Waals surface area contributed by atoms with E-state index in [1.54, 1.807) is 13.0 Å². The minimum absolute atomic E-state index is 0.0334. The molecule has 0 radical (unpaired) electrons. The summed E-state index contributed by atoms with van der Waals surface area (Å²) < 4.78 is 42.3. The first-order chi connectivity index (χ1) is 8.86. The summed E-state index contributed by atoms with van der Waals surface area (Å²) in [7, 11) is 0. The van der Waals surface area contributed by atoms with E-state index in [1.165, 1.54) is 6.07 Å². The van der Waals surface area contributed by atoms with Crippen LogP contribution in [0.5, 0.6) is 0 Å². The van der Waals surface area contributed by atoms with E-state index in [2.05, 4.69) is 10.5 Å². The van der Waals surface area contributed by atoms with Gasteiger partial charge in [-0.15, -0.1) is 0 Å². The van der Waals surface area contributed by atoms with E-state index in [0.717, 1.165) is 17.8 Å². The smallest absolute Gasteiger partial charge is 0.397 e. The van der Waals surface area contributed by atoms with Crippen LogP contribution < -0.4 is 11.1 Å². The van der Waals surface area contributed by atoms with Crippen molar-refractivity contribution in [3.63, 3.8) is 0 Å². The highest BCUT2D eigenvalue weighted by atomic mass is 19.4. The fourth-order valence-electron chi connectivity index (χ4n) is 1.58. The second-order valence-corrected chi connectivity index (χ2v) is 4.09. The lowest BCUT2D eigenvalue weighted by Crippen LogP contribution is -2.07. The second kappa shape index (κ2) is 4.83. The number of nitrogens with zero attached hydrogens (tertiary/aromatic N) is 1. The van der Waals surface area contributed by atoms with Gasteiger partial charge in [-0.05, 0) is 25.1 Å². The molecule has 3 N–H and O–H groups in total. The van der Waals surface area contributed by atoms with Gasteiger partial charge in [0.05, 0.1) is 29.2 Å². The van der Waals surface area contributed by atoms with Crippen LogP contribution in [0.15, 0.2) is 28.8 Å². The first-order valence-electron chi connectivity index (χ1n) is 5.49. The first kappa shape index (κ1) is 13.3. The van der Waals surface area contributed by atoms with Crippen LogP contribution >= 0.6 is 0 Å². The maximum absolute atomic E-state index is 12.5. The van der Waals surface area contributed by atoms with Crippen molar-refractivity contribution in [2.45, 2.75) is 19.6 Å². The van der Waals surface area contributed by atoms with Crippen LogP contribution in [-0.2, 0) is 12.7 Å². The Bertz CT molecular complexity index is 578. The van der Waals surface area contributed by atoms with Crippen molar-refractivity contribution in [2.24, 2.45) is 0 Å². The molecule has 0 bridgehead atoms. The molecule has 0 unspecified atom stereocenters. The van der Waals surface area contributed by atoms with Crippen molar-refractivity contribution >= 4 is 11.4 Å². The summed E-state index contributed by atoms with van der Waals surface area (Å²) in [6, 6.07) is 4.90. The molecule has 4 nitrogen and oxygen atoms in total. The molecule has 102 valence electrons. The number of aryl methyl sites for hydroxylation is 1. The number of nitrogen functional groups attached to an aromatic ring is 1. The monoisotopic (exact) mass is 271 g/mol. The van der Waals surface area contributed by atoms with Crippen molar-refractivity contribution < 1.29 is 17.7 Å². The molecule has 0 fully saturated rings. The summed E-state index contributed by atoms with van der Waals surface area (Å²) in [5.74, 6) is 0.580. The molecule has 0 aliphatic heterocycles. The van der Waals surface area contributed by atoms with Crippen LogP contribution in [-0.4, -0.2) is 5.16 Å². The number of nitrogens with one attached hydrogen (secondary N) is 1. The number of benzene rings is 1. The fraction of sp³-hybridized carbons (Fsp3) is 0.250. The van der Waals surface area contributed by atoms with E-state index in [-0.39, 0.29) is 5.69 Å². The molecule has 0 spiro atoms. The predicted molar refractivity (Wildman–Crippen MR) is 64.4 cm³/mol. The standard InChI is InChI=1S/C12H12F3N3O/c1-7-4-9(19-18-7)6-17-11-3-2-8(5-10(11)16)12(13,14)15/h2-5,17H,6,16H2,1H3. The van der Waals surface area contributed by atoms with Crippen LogP contribution in [0.1, 0.15) is 17.0 Å². The van der Waals surface area contributed by atoms with Gasteiger partial charge >= 0.3 is 6.18 Å². The van der Waals surface area contributed by atoms with E-state index in [9.17, 15) is 13.2 Å². The third kappa shape index (κ3) is 3.18. The molecule has 0 atom stereocenters. The number of aromatic nitrogens is 1. The maximum atomic E-state index is 12.5. The Morgan fingerprint density at radius 1 is 1.32 bits per heavy atom. The number of halogens is 3. The van der Waals surface area contributed by atoms with E-state index >= 15 is 0 Å². The van der Waals surface area contributed by atoms with Crippen molar-refractivity contribution in [2.75, 3.05) is 11.1 Å². The molecular formula is C12H12F3N3O. The quantitative estimate of drug-likeness (QED) is 0.841. The molecule has 1 heterocycles. The number of hydrogen-bond acceptors (Lipinski definition) is 4. The third-order valence-corrected chi connectivity index (χ3v) is 2.51. The fourth-order valence-corrected chi connectivity index (χ4v) is 1.58. The molecule has 0 aliphatic rings. The van der Waals surface area contributed by atoms with Gasteiger partial charge < -0.3 is 15.6 Å². The van der Waals surface area contributed by atoms with Gasteiger partial charge in [0.1, 0.15) is 0 Å². The number of anilines is 2. The summed E-state index contributed by atoms with van der Waals surface area (Å²) in [6.07, 6.45) is -4.39. The SMILES string of the molecule is Cc1cc(CNc2ccc(C(F)(F)F)cc2N)on1. The van der Waals surface area contributed by atoms with Gasteiger partial charge in [0.2, 0.25) is 0 Å². The Labute approximate surface area is 107 Å². The van der Waals surface area contributed by atoms with Gasteiger partial charge in [0.15, 0.2) is 5.76 Å². The third-order valence-electron chi connectivity index (χ3n) is 2.51. The van der Waals surface area contributed by atoms with Crippen LogP contribution in [0, 0.1) is 6.92 Å². The zero-order chi connectivity index (χ0) is 14.0. The van der Waals surface area contributed by atoms with Crippen LogP contribution in [0.4, 0.5) is 24.5 Å². The lowest BCUT2D eigenvalue weighted by Gasteiger charge is -2.11. The Hall–Kier alpha value is -2.18. The highest BCUT2D eigenvalue weighted by Gasteiger charge is 2.30. The summed E-state index contributed by atoms with van der Waals surface area (Å²) >= 11 is 0. The molecule has 1 aromatic heterocycles. The summed E-state index contributed by atoms with van der Waals surface area (Å²) in [5.41, 5.74) is 5.99. The van der Waals surface area contributed by atoms with E-state index in [1.807, 2.05) is 0 Å². The van der Waals surface area contributed by atoms with Gasteiger partial charge in [-0.25, -0.2) is 0 Å². The van der Waals surface area contributed by atoms with Gasteiger partial charge in [0.25, 0.3) is 0 Å². The molecule has 0 aliphatic carbocycles.